The molecule has 0 saturated carbocycles. The maximum Gasteiger partial charge on any atom is 0.419 e. The molecular formula is C34H40N2O6Si. The van der Waals surface area contributed by atoms with Crippen molar-refractivity contribution in [2.75, 3.05) is 25.6 Å². The SMILES string of the molecule is COC(=O)c1cc2c3c(cc(OCc4ccccc4)c2n1C(=O)OCc1ccccc1)NC[C@H]3CO[Si](C)(C)C(C)(C)C. The summed E-state index contributed by atoms with van der Waals surface area (Å²) in [7, 11) is -0.719. The molecule has 0 bridgehead atoms. The zero-order chi connectivity index (χ0) is 30.8. The minimum Gasteiger partial charge on any atom is -0.487 e. The quantitative estimate of drug-likeness (QED) is 0.155. The van der Waals surface area contributed by atoms with Crippen LogP contribution in [0.5, 0.6) is 5.75 Å². The molecule has 0 spiro atoms. The van der Waals surface area contributed by atoms with Crippen LogP contribution in [0.2, 0.25) is 18.1 Å². The molecule has 1 aliphatic rings. The maximum absolute atomic E-state index is 13.8. The van der Waals surface area contributed by atoms with Crippen LogP contribution in [0.3, 0.4) is 0 Å². The van der Waals surface area contributed by atoms with Crippen LogP contribution in [-0.4, -0.2) is 45.2 Å². The Kier molecular flexibility index (Phi) is 8.66. The van der Waals surface area contributed by atoms with Crippen LogP contribution in [0, 0.1) is 0 Å². The molecule has 3 aromatic carbocycles. The van der Waals surface area contributed by atoms with E-state index in [2.05, 4.69) is 39.2 Å². The minimum absolute atomic E-state index is 0.0106. The van der Waals surface area contributed by atoms with Crippen LogP contribution in [-0.2, 0) is 27.1 Å². The summed E-state index contributed by atoms with van der Waals surface area (Å²) in [4.78, 5) is 26.8. The number of hydrogen-bond donors (Lipinski definition) is 1. The minimum atomic E-state index is -2.02. The monoisotopic (exact) mass is 600 g/mol. The highest BCUT2D eigenvalue weighted by molar-refractivity contribution is 6.74. The van der Waals surface area contributed by atoms with E-state index in [0.717, 1.165) is 27.8 Å². The molecule has 0 radical (unpaired) electrons. The first-order valence-corrected chi connectivity index (χ1v) is 17.5. The molecule has 0 fully saturated rings. The Balaban J connectivity index is 1.60. The zero-order valence-electron chi connectivity index (χ0n) is 25.7. The summed E-state index contributed by atoms with van der Waals surface area (Å²) < 4.78 is 25.1. The van der Waals surface area contributed by atoms with E-state index in [1.165, 1.54) is 11.7 Å². The lowest BCUT2D eigenvalue weighted by atomic mass is 9.98. The summed E-state index contributed by atoms with van der Waals surface area (Å²) in [6.07, 6.45) is -0.691. The van der Waals surface area contributed by atoms with E-state index in [0.29, 0.717) is 24.4 Å². The summed E-state index contributed by atoms with van der Waals surface area (Å²) in [6.45, 7) is 12.7. The zero-order valence-corrected chi connectivity index (χ0v) is 26.7. The van der Waals surface area contributed by atoms with Crippen molar-refractivity contribution in [2.45, 2.75) is 58.0 Å². The van der Waals surface area contributed by atoms with Crippen molar-refractivity contribution in [3.8, 4) is 5.75 Å². The molecule has 9 heteroatoms. The van der Waals surface area contributed by atoms with Crippen molar-refractivity contribution < 1.29 is 28.2 Å². The Labute approximate surface area is 254 Å². The fourth-order valence-electron chi connectivity index (χ4n) is 5.04. The number of ether oxygens (including phenoxy) is 3. The average Bonchev–Trinajstić information content (AvgIpc) is 3.59. The Morgan fingerprint density at radius 3 is 2.19 bits per heavy atom. The van der Waals surface area contributed by atoms with E-state index in [9.17, 15) is 9.59 Å². The van der Waals surface area contributed by atoms with Crippen molar-refractivity contribution in [3.05, 3.63) is 95.2 Å². The molecule has 1 aromatic heterocycles. The number of hydrogen-bond acceptors (Lipinski definition) is 7. The molecular weight excluding hydrogens is 560 g/mol. The molecule has 0 aliphatic carbocycles. The van der Waals surface area contributed by atoms with Crippen molar-refractivity contribution in [2.24, 2.45) is 0 Å². The average molecular weight is 601 g/mol. The lowest BCUT2D eigenvalue weighted by molar-refractivity contribution is 0.0585. The van der Waals surface area contributed by atoms with Gasteiger partial charge < -0.3 is 24.0 Å². The summed E-state index contributed by atoms with van der Waals surface area (Å²) >= 11 is 0. The predicted octanol–water partition coefficient (Wildman–Crippen LogP) is 7.72. The van der Waals surface area contributed by atoms with Gasteiger partial charge in [0.1, 0.15) is 30.2 Å². The number of fused-ring (bicyclic) bond motifs is 3. The Hall–Kier alpha value is -4.08. The first-order valence-electron chi connectivity index (χ1n) is 14.6. The van der Waals surface area contributed by atoms with Gasteiger partial charge in [0.05, 0.1) is 7.11 Å². The molecule has 8 nitrogen and oxygen atoms in total. The number of anilines is 1. The lowest BCUT2D eigenvalue weighted by Gasteiger charge is -2.37. The third kappa shape index (κ3) is 6.33. The molecule has 43 heavy (non-hydrogen) atoms. The lowest BCUT2D eigenvalue weighted by Crippen LogP contribution is -2.41. The third-order valence-electron chi connectivity index (χ3n) is 8.51. The molecule has 226 valence electrons. The van der Waals surface area contributed by atoms with Gasteiger partial charge in [-0.2, -0.15) is 0 Å². The van der Waals surface area contributed by atoms with Crippen LogP contribution in [0.4, 0.5) is 10.5 Å². The molecule has 1 N–H and O–H groups in total. The van der Waals surface area contributed by atoms with E-state index in [-0.39, 0.29) is 29.9 Å². The molecule has 0 unspecified atom stereocenters. The highest BCUT2D eigenvalue weighted by Crippen LogP contribution is 2.45. The Bertz CT molecular complexity index is 1610. The van der Waals surface area contributed by atoms with Gasteiger partial charge >= 0.3 is 12.1 Å². The summed E-state index contributed by atoms with van der Waals surface area (Å²) in [5.41, 5.74) is 4.23. The topological polar surface area (TPSA) is 88.0 Å². The van der Waals surface area contributed by atoms with Crippen molar-refractivity contribution in [1.82, 2.24) is 4.57 Å². The second-order valence-corrected chi connectivity index (χ2v) is 17.2. The second-order valence-electron chi connectivity index (χ2n) is 12.4. The molecule has 4 aromatic rings. The highest BCUT2D eigenvalue weighted by atomic mass is 28.4. The molecule has 1 atom stereocenters. The number of nitrogens with one attached hydrogen (secondary N) is 1. The standard InChI is InChI=1S/C34H40N2O6Si/c1-34(2,3)43(5,6)42-22-25-19-35-27-18-29(40-20-23-13-9-7-10-14-23)31-26(30(25)27)17-28(32(37)39-4)36(31)33(38)41-21-24-15-11-8-12-16-24/h7-18,25,35H,19-22H2,1-6H3/t25-/m0/s1. The number of nitrogens with zero attached hydrogens (tertiary/aromatic N) is 1. The van der Waals surface area contributed by atoms with Crippen LogP contribution < -0.4 is 10.1 Å². The van der Waals surface area contributed by atoms with Gasteiger partial charge in [-0.15, -0.1) is 0 Å². The molecule has 2 heterocycles. The fraction of sp³-hybridized carbons (Fsp3) is 0.353. The number of rotatable bonds is 9. The largest absolute Gasteiger partial charge is 0.487 e. The first-order chi connectivity index (χ1) is 20.5. The number of aromatic nitrogens is 1. The highest BCUT2D eigenvalue weighted by Gasteiger charge is 2.39. The van der Waals surface area contributed by atoms with Crippen LogP contribution in [0.15, 0.2) is 72.8 Å². The second kappa shape index (κ2) is 12.3. The van der Waals surface area contributed by atoms with E-state index in [4.69, 9.17) is 18.6 Å². The Morgan fingerprint density at radius 2 is 1.58 bits per heavy atom. The third-order valence-corrected chi connectivity index (χ3v) is 13.0. The van der Waals surface area contributed by atoms with Crippen molar-refractivity contribution >= 4 is 37.0 Å². The smallest absolute Gasteiger partial charge is 0.419 e. The molecule has 1 aliphatic heterocycles. The number of benzene rings is 3. The number of esters is 1. The first kappa shape index (κ1) is 30.4. The van der Waals surface area contributed by atoms with Gasteiger partial charge in [-0.1, -0.05) is 81.4 Å². The van der Waals surface area contributed by atoms with Gasteiger partial charge in [0, 0.05) is 36.2 Å². The van der Waals surface area contributed by atoms with Crippen LogP contribution in [0.25, 0.3) is 10.9 Å². The maximum atomic E-state index is 13.8. The predicted molar refractivity (Wildman–Crippen MR) is 170 cm³/mol. The fourth-order valence-corrected chi connectivity index (χ4v) is 6.09. The van der Waals surface area contributed by atoms with Gasteiger partial charge in [-0.25, -0.2) is 14.2 Å². The van der Waals surface area contributed by atoms with Gasteiger partial charge in [0.25, 0.3) is 0 Å². The summed E-state index contributed by atoms with van der Waals surface area (Å²) in [6, 6.07) is 22.8. The van der Waals surface area contributed by atoms with E-state index in [1.807, 2.05) is 66.7 Å². The number of methoxy groups -OCH3 is 1. The summed E-state index contributed by atoms with van der Waals surface area (Å²) in [5.74, 6) is -0.171. The van der Waals surface area contributed by atoms with E-state index in [1.54, 1.807) is 6.07 Å². The van der Waals surface area contributed by atoms with Gasteiger partial charge in [0.2, 0.25) is 0 Å². The van der Waals surface area contributed by atoms with E-state index < -0.39 is 20.4 Å². The van der Waals surface area contributed by atoms with Crippen LogP contribution >= 0.6 is 0 Å². The van der Waals surface area contributed by atoms with Crippen LogP contribution in [0.1, 0.15) is 53.9 Å². The van der Waals surface area contributed by atoms with Gasteiger partial charge in [0.15, 0.2) is 8.32 Å². The van der Waals surface area contributed by atoms with E-state index >= 15 is 0 Å². The molecule has 0 amide bonds. The number of carbonyl (C=O) groups is 2. The van der Waals surface area contributed by atoms with Gasteiger partial charge in [-0.3, -0.25) is 0 Å². The summed E-state index contributed by atoms with van der Waals surface area (Å²) in [5, 5.41) is 4.31. The normalized spacial score (nSPS) is 14.7. The Morgan fingerprint density at radius 1 is 0.953 bits per heavy atom. The van der Waals surface area contributed by atoms with Gasteiger partial charge in [-0.05, 0) is 40.9 Å². The van der Waals surface area contributed by atoms with Crippen molar-refractivity contribution in [3.63, 3.8) is 0 Å². The number of carbonyl (C=O) groups excluding carboxylic acids is 2. The molecule has 5 rings (SSSR count). The van der Waals surface area contributed by atoms with Crippen molar-refractivity contribution in [1.29, 1.82) is 0 Å². The molecule has 0 saturated heterocycles.